The Morgan fingerprint density at radius 3 is 2.84 bits per heavy atom. The molecule has 0 aliphatic rings. The maximum atomic E-state index is 11.2. The molecule has 0 fully saturated rings. The summed E-state index contributed by atoms with van der Waals surface area (Å²) in [6.07, 6.45) is 5.54. The number of aromatic nitrogens is 3. The largest absolute Gasteiger partial charge is 0.478 e. The fourth-order valence-electron chi connectivity index (χ4n) is 2.25. The molecule has 0 radical (unpaired) electrons. The van der Waals surface area contributed by atoms with Crippen LogP contribution in [-0.4, -0.2) is 25.2 Å². The predicted molar refractivity (Wildman–Crippen MR) is 71.2 cm³/mol. The smallest absolute Gasteiger partial charge is 0.336 e. The third-order valence-electron chi connectivity index (χ3n) is 3.28. The molecule has 0 saturated carbocycles. The summed E-state index contributed by atoms with van der Waals surface area (Å²) in [7, 11) is 1.94. The molecular weight excluding hydrogens is 242 g/mol. The van der Waals surface area contributed by atoms with E-state index in [-0.39, 0.29) is 0 Å². The summed E-state index contributed by atoms with van der Waals surface area (Å²) in [5, 5.41) is 9.92. The average Bonchev–Trinajstić information content (AvgIpc) is 2.97. The first-order valence-corrected chi connectivity index (χ1v) is 5.94. The van der Waals surface area contributed by atoms with Gasteiger partial charge in [-0.1, -0.05) is 6.07 Å². The lowest BCUT2D eigenvalue weighted by molar-refractivity contribution is 0.0699. The molecule has 1 aromatic carbocycles. The fraction of sp³-hybridized carbons (Fsp3) is 0.143. The van der Waals surface area contributed by atoms with Crippen molar-refractivity contribution in [3.8, 4) is 0 Å². The summed E-state index contributed by atoms with van der Waals surface area (Å²) in [6.45, 7) is 0.621. The van der Waals surface area contributed by atoms with Gasteiger partial charge in [0.25, 0.3) is 0 Å². The SMILES string of the molecule is Cn1ccnc1Cn1ccc2c(C(=O)O)cccc21. The van der Waals surface area contributed by atoms with Crippen LogP contribution in [-0.2, 0) is 13.6 Å². The van der Waals surface area contributed by atoms with Gasteiger partial charge in [-0.2, -0.15) is 0 Å². The molecule has 5 nitrogen and oxygen atoms in total. The van der Waals surface area contributed by atoms with Gasteiger partial charge in [-0.05, 0) is 18.2 Å². The van der Waals surface area contributed by atoms with Crippen molar-refractivity contribution in [2.24, 2.45) is 7.05 Å². The number of aryl methyl sites for hydroxylation is 1. The molecule has 0 saturated heterocycles. The van der Waals surface area contributed by atoms with E-state index in [1.165, 1.54) is 0 Å². The predicted octanol–water partition coefficient (Wildman–Crippen LogP) is 2.12. The van der Waals surface area contributed by atoms with Crippen molar-refractivity contribution in [1.82, 2.24) is 14.1 Å². The van der Waals surface area contributed by atoms with Gasteiger partial charge in [0.2, 0.25) is 0 Å². The molecule has 96 valence electrons. The molecule has 0 aliphatic carbocycles. The van der Waals surface area contributed by atoms with Gasteiger partial charge in [0.05, 0.1) is 12.1 Å². The molecular formula is C14H13N3O2. The molecule has 0 unspecified atom stereocenters. The van der Waals surface area contributed by atoms with Crippen molar-refractivity contribution in [2.45, 2.75) is 6.54 Å². The van der Waals surface area contributed by atoms with E-state index in [1.807, 2.05) is 40.7 Å². The lowest BCUT2D eigenvalue weighted by Crippen LogP contribution is -2.05. The molecule has 0 amide bonds. The quantitative estimate of drug-likeness (QED) is 0.779. The van der Waals surface area contributed by atoms with E-state index in [2.05, 4.69) is 4.98 Å². The number of fused-ring (bicyclic) bond motifs is 1. The second-order valence-electron chi connectivity index (χ2n) is 4.44. The molecule has 0 bridgehead atoms. The number of hydrogen-bond donors (Lipinski definition) is 1. The number of aromatic carboxylic acids is 1. The van der Waals surface area contributed by atoms with Crippen LogP contribution in [0.4, 0.5) is 0 Å². The van der Waals surface area contributed by atoms with Crippen molar-refractivity contribution in [3.63, 3.8) is 0 Å². The number of carboxylic acid groups (broad SMARTS) is 1. The van der Waals surface area contributed by atoms with Gasteiger partial charge in [0.1, 0.15) is 5.82 Å². The summed E-state index contributed by atoms with van der Waals surface area (Å²) < 4.78 is 3.96. The highest BCUT2D eigenvalue weighted by molar-refractivity contribution is 6.02. The first-order chi connectivity index (χ1) is 9.16. The van der Waals surface area contributed by atoms with E-state index in [0.717, 1.165) is 16.7 Å². The number of benzene rings is 1. The highest BCUT2D eigenvalue weighted by Crippen LogP contribution is 2.21. The molecule has 3 aromatic rings. The highest BCUT2D eigenvalue weighted by atomic mass is 16.4. The second kappa shape index (κ2) is 4.28. The van der Waals surface area contributed by atoms with Crippen LogP contribution >= 0.6 is 0 Å². The number of rotatable bonds is 3. The van der Waals surface area contributed by atoms with Crippen molar-refractivity contribution in [1.29, 1.82) is 0 Å². The third kappa shape index (κ3) is 1.89. The Morgan fingerprint density at radius 2 is 2.16 bits per heavy atom. The lowest BCUT2D eigenvalue weighted by Gasteiger charge is -2.06. The van der Waals surface area contributed by atoms with Crippen LogP contribution in [0.25, 0.3) is 10.9 Å². The van der Waals surface area contributed by atoms with Crippen LogP contribution in [0.5, 0.6) is 0 Å². The number of imidazole rings is 1. The Bertz CT molecular complexity index is 755. The van der Waals surface area contributed by atoms with Crippen LogP contribution in [0.3, 0.4) is 0 Å². The van der Waals surface area contributed by atoms with E-state index in [4.69, 9.17) is 5.11 Å². The Hall–Kier alpha value is -2.56. The van der Waals surface area contributed by atoms with Crippen LogP contribution < -0.4 is 0 Å². The Balaban J connectivity index is 2.09. The Kier molecular flexibility index (Phi) is 2.59. The van der Waals surface area contributed by atoms with Crippen LogP contribution in [0.1, 0.15) is 16.2 Å². The molecule has 2 heterocycles. The van der Waals surface area contributed by atoms with Gasteiger partial charge in [0.15, 0.2) is 0 Å². The van der Waals surface area contributed by atoms with Crippen LogP contribution in [0.15, 0.2) is 42.9 Å². The Morgan fingerprint density at radius 1 is 1.32 bits per heavy atom. The van der Waals surface area contributed by atoms with Crippen molar-refractivity contribution in [3.05, 3.63) is 54.2 Å². The number of nitrogens with zero attached hydrogens (tertiary/aromatic N) is 3. The number of carbonyl (C=O) groups is 1. The second-order valence-corrected chi connectivity index (χ2v) is 4.44. The number of carboxylic acids is 1. The minimum atomic E-state index is -0.902. The van der Waals surface area contributed by atoms with E-state index in [1.54, 1.807) is 18.3 Å². The van der Waals surface area contributed by atoms with Gasteiger partial charge in [0, 0.05) is 36.5 Å². The molecule has 0 spiro atoms. The third-order valence-corrected chi connectivity index (χ3v) is 3.28. The number of hydrogen-bond acceptors (Lipinski definition) is 2. The Labute approximate surface area is 109 Å². The van der Waals surface area contributed by atoms with E-state index >= 15 is 0 Å². The van der Waals surface area contributed by atoms with Gasteiger partial charge in [-0.15, -0.1) is 0 Å². The molecule has 1 N–H and O–H groups in total. The summed E-state index contributed by atoms with van der Waals surface area (Å²) in [5.74, 6) is 0.0265. The van der Waals surface area contributed by atoms with Crippen molar-refractivity contribution >= 4 is 16.9 Å². The van der Waals surface area contributed by atoms with Gasteiger partial charge in [-0.3, -0.25) is 0 Å². The van der Waals surface area contributed by atoms with Crippen LogP contribution in [0, 0.1) is 0 Å². The molecule has 2 aromatic heterocycles. The fourth-order valence-corrected chi connectivity index (χ4v) is 2.25. The van der Waals surface area contributed by atoms with E-state index < -0.39 is 5.97 Å². The molecule has 0 aliphatic heterocycles. The van der Waals surface area contributed by atoms with E-state index in [9.17, 15) is 4.79 Å². The summed E-state index contributed by atoms with van der Waals surface area (Å²) in [5.41, 5.74) is 1.24. The minimum absolute atomic E-state index is 0.330. The van der Waals surface area contributed by atoms with Gasteiger partial charge < -0.3 is 14.2 Å². The summed E-state index contributed by atoms with van der Waals surface area (Å²) in [4.78, 5) is 15.5. The first kappa shape index (κ1) is 11.5. The maximum Gasteiger partial charge on any atom is 0.336 e. The summed E-state index contributed by atoms with van der Waals surface area (Å²) in [6, 6.07) is 7.14. The standard InChI is InChI=1S/C14H13N3O2/c1-16-8-6-15-13(16)9-17-7-5-10-11(14(18)19)3-2-4-12(10)17/h2-8H,9H2,1H3,(H,18,19). The minimum Gasteiger partial charge on any atom is -0.478 e. The van der Waals surface area contributed by atoms with Crippen molar-refractivity contribution < 1.29 is 9.90 Å². The average molecular weight is 255 g/mol. The molecule has 0 atom stereocenters. The summed E-state index contributed by atoms with van der Waals surface area (Å²) >= 11 is 0. The van der Waals surface area contributed by atoms with Crippen LogP contribution in [0.2, 0.25) is 0 Å². The zero-order valence-corrected chi connectivity index (χ0v) is 10.4. The van der Waals surface area contributed by atoms with E-state index in [0.29, 0.717) is 12.1 Å². The highest BCUT2D eigenvalue weighted by Gasteiger charge is 2.11. The zero-order chi connectivity index (χ0) is 13.4. The topological polar surface area (TPSA) is 60.0 Å². The lowest BCUT2D eigenvalue weighted by atomic mass is 10.1. The van der Waals surface area contributed by atoms with Gasteiger partial charge in [-0.25, -0.2) is 9.78 Å². The van der Waals surface area contributed by atoms with Crippen molar-refractivity contribution in [2.75, 3.05) is 0 Å². The maximum absolute atomic E-state index is 11.2. The zero-order valence-electron chi connectivity index (χ0n) is 10.4. The molecule has 3 rings (SSSR count). The first-order valence-electron chi connectivity index (χ1n) is 5.94. The molecule has 19 heavy (non-hydrogen) atoms. The normalized spacial score (nSPS) is 11.0. The monoisotopic (exact) mass is 255 g/mol. The van der Waals surface area contributed by atoms with Gasteiger partial charge >= 0.3 is 5.97 Å². The molecule has 5 heteroatoms.